The Morgan fingerprint density at radius 1 is 1.08 bits per heavy atom. The number of benzene rings is 1. The van der Waals surface area contributed by atoms with Crippen LogP contribution in [0, 0.1) is 5.41 Å². The predicted octanol–water partition coefficient (Wildman–Crippen LogP) is 3.28. The minimum absolute atomic E-state index is 0.127. The van der Waals surface area contributed by atoms with E-state index in [2.05, 4.69) is 29.2 Å². The molecule has 1 N–H and O–H groups in total. The van der Waals surface area contributed by atoms with Crippen LogP contribution in [0.4, 0.5) is 0 Å². The molecular formula is C22H31NO3. The number of piperidine rings is 1. The fraction of sp³-hybridized carbons (Fsp3) is 0.682. The Kier molecular flexibility index (Phi) is 4.83. The Balaban J connectivity index is 1.53. The number of hydrogen-bond acceptors (Lipinski definition) is 3. The first-order chi connectivity index (χ1) is 12.6. The van der Waals surface area contributed by atoms with Gasteiger partial charge in [-0.05, 0) is 31.2 Å². The van der Waals surface area contributed by atoms with Crippen LogP contribution in [-0.2, 0) is 14.9 Å². The van der Waals surface area contributed by atoms with E-state index < -0.39 is 0 Å². The van der Waals surface area contributed by atoms with Gasteiger partial charge in [0.15, 0.2) is 0 Å². The van der Waals surface area contributed by atoms with E-state index in [1.165, 1.54) is 12.0 Å². The molecule has 1 aromatic rings. The number of carbonyl (C=O) groups is 1. The van der Waals surface area contributed by atoms with Crippen LogP contribution in [-0.4, -0.2) is 48.3 Å². The molecular weight excluding hydrogens is 326 g/mol. The number of rotatable bonds is 3. The van der Waals surface area contributed by atoms with Gasteiger partial charge in [0.25, 0.3) is 0 Å². The first-order valence-corrected chi connectivity index (χ1v) is 10.2. The number of methoxy groups -OCH3 is 1. The smallest absolute Gasteiger partial charge is 0.233 e. The summed E-state index contributed by atoms with van der Waals surface area (Å²) in [5.74, 6) is 0.307. The largest absolute Gasteiger partial charge is 0.392 e. The van der Waals surface area contributed by atoms with E-state index in [1.54, 1.807) is 7.11 Å². The van der Waals surface area contributed by atoms with Crippen molar-refractivity contribution in [2.45, 2.75) is 69.0 Å². The Hall–Kier alpha value is -1.39. The van der Waals surface area contributed by atoms with Gasteiger partial charge in [-0.15, -0.1) is 0 Å². The number of aliphatic hydroxyl groups excluding tert-OH is 1. The zero-order chi connectivity index (χ0) is 18.2. The summed E-state index contributed by atoms with van der Waals surface area (Å²) in [5, 5.41) is 10.3. The minimum atomic E-state index is -0.344. The van der Waals surface area contributed by atoms with Gasteiger partial charge in [0.05, 0.1) is 17.6 Å². The molecule has 4 heteroatoms. The fourth-order valence-electron chi connectivity index (χ4n) is 5.68. The highest BCUT2D eigenvalue weighted by Crippen LogP contribution is 2.51. The predicted molar refractivity (Wildman–Crippen MR) is 101 cm³/mol. The lowest BCUT2D eigenvalue weighted by molar-refractivity contribution is -0.203. The third-order valence-electron chi connectivity index (χ3n) is 7.45. The van der Waals surface area contributed by atoms with Crippen LogP contribution in [0.5, 0.6) is 0 Å². The fourth-order valence-corrected chi connectivity index (χ4v) is 5.68. The summed E-state index contributed by atoms with van der Waals surface area (Å²) in [4.78, 5) is 15.7. The second-order valence-corrected chi connectivity index (χ2v) is 8.51. The summed E-state index contributed by atoms with van der Waals surface area (Å²) in [5.41, 5.74) is 0.712. The highest BCUT2D eigenvalue weighted by Gasteiger charge is 2.57. The molecule has 1 saturated heterocycles. The molecule has 1 aromatic carbocycles. The highest BCUT2D eigenvalue weighted by molar-refractivity contribution is 5.88. The molecule has 0 radical (unpaired) electrons. The van der Waals surface area contributed by atoms with E-state index in [-0.39, 0.29) is 23.0 Å². The quantitative estimate of drug-likeness (QED) is 0.903. The van der Waals surface area contributed by atoms with E-state index in [0.717, 1.165) is 58.0 Å². The molecule has 4 rings (SSSR count). The maximum absolute atomic E-state index is 13.7. The van der Waals surface area contributed by atoms with E-state index in [9.17, 15) is 9.90 Å². The zero-order valence-corrected chi connectivity index (χ0v) is 15.8. The van der Waals surface area contributed by atoms with Crippen molar-refractivity contribution in [1.29, 1.82) is 0 Å². The molecule has 1 spiro atoms. The SMILES string of the molecule is CO[C@H]1C[C@@H](O)C12CCN(C(=O)C1(c3ccccc3)CCCCC1)CC2. The molecule has 1 heterocycles. The number of nitrogens with zero attached hydrogens (tertiary/aromatic N) is 1. The van der Waals surface area contributed by atoms with Crippen molar-refractivity contribution in [2.24, 2.45) is 5.41 Å². The molecule has 3 aliphatic rings. The highest BCUT2D eigenvalue weighted by atomic mass is 16.5. The summed E-state index contributed by atoms with van der Waals surface area (Å²) in [6.07, 6.45) is 7.71. The van der Waals surface area contributed by atoms with Crippen molar-refractivity contribution >= 4 is 5.91 Å². The molecule has 1 amide bonds. The first kappa shape index (κ1) is 18.0. The molecule has 0 unspecified atom stereocenters. The number of aliphatic hydroxyl groups is 1. The van der Waals surface area contributed by atoms with Gasteiger partial charge in [-0.25, -0.2) is 0 Å². The van der Waals surface area contributed by atoms with E-state index in [0.29, 0.717) is 5.91 Å². The average molecular weight is 357 g/mol. The van der Waals surface area contributed by atoms with Gasteiger partial charge in [-0.1, -0.05) is 49.6 Å². The number of amides is 1. The van der Waals surface area contributed by atoms with Crippen molar-refractivity contribution in [2.75, 3.05) is 20.2 Å². The van der Waals surface area contributed by atoms with Gasteiger partial charge in [-0.3, -0.25) is 4.79 Å². The normalized spacial score (nSPS) is 30.0. The molecule has 2 saturated carbocycles. The van der Waals surface area contributed by atoms with Crippen molar-refractivity contribution < 1.29 is 14.6 Å². The van der Waals surface area contributed by atoms with Crippen LogP contribution in [0.1, 0.15) is 56.9 Å². The summed E-state index contributed by atoms with van der Waals surface area (Å²) in [6.45, 7) is 1.48. The van der Waals surface area contributed by atoms with Crippen LogP contribution in [0.2, 0.25) is 0 Å². The van der Waals surface area contributed by atoms with Crippen molar-refractivity contribution in [3.8, 4) is 0 Å². The van der Waals surface area contributed by atoms with Crippen molar-refractivity contribution in [3.05, 3.63) is 35.9 Å². The van der Waals surface area contributed by atoms with Gasteiger partial charge >= 0.3 is 0 Å². The maximum atomic E-state index is 13.7. The third-order valence-corrected chi connectivity index (χ3v) is 7.45. The number of hydrogen-bond donors (Lipinski definition) is 1. The van der Waals surface area contributed by atoms with Gasteiger partial charge < -0.3 is 14.7 Å². The average Bonchev–Trinajstić information content (AvgIpc) is 2.72. The molecule has 1 aliphatic heterocycles. The monoisotopic (exact) mass is 357 g/mol. The third kappa shape index (κ3) is 2.69. The topological polar surface area (TPSA) is 49.8 Å². The van der Waals surface area contributed by atoms with Crippen molar-refractivity contribution in [1.82, 2.24) is 4.90 Å². The molecule has 3 fully saturated rings. The van der Waals surface area contributed by atoms with Crippen LogP contribution in [0.15, 0.2) is 30.3 Å². The number of carbonyl (C=O) groups excluding carboxylic acids is 1. The molecule has 0 bridgehead atoms. The molecule has 26 heavy (non-hydrogen) atoms. The Morgan fingerprint density at radius 2 is 1.73 bits per heavy atom. The van der Waals surface area contributed by atoms with Gasteiger partial charge in [0, 0.05) is 32.0 Å². The summed E-state index contributed by atoms with van der Waals surface area (Å²) < 4.78 is 5.59. The first-order valence-electron chi connectivity index (χ1n) is 10.2. The van der Waals surface area contributed by atoms with Crippen LogP contribution in [0.3, 0.4) is 0 Å². The maximum Gasteiger partial charge on any atom is 0.233 e. The zero-order valence-electron chi connectivity index (χ0n) is 15.8. The molecule has 2 aliphatic carbocycles. The Morgan fingerprint density at radius 3 is 2.31 bits per heavy atom. The number of likely N-dealkylation sites (tertiary alicyclic amines) is 1. The van der Waals surface area contributed by atoms with Gasteiger partial charge in [-0.2, -0.15) is 0 Å². The molecule has 0 aromatic heterocycles. The lowest BCUT2D eigenvalue weighted by Crippen LogP contribution is -2.63. The van der Waals surface area contributed by atoms with E-state index in [1.807, 2.05) is 6.07 Å². The van der Waals surface area contributed by atoms with Crippen LogP contribution >= 0.6 is 0 Å². The molecule has 4 nitrogen and oxygen atoms in total. The van der Waals surface area contributed by atoms with E-state index in [4.69, 9.17) is 4.74 Å². The number of ether oxygens (including phenoxy) is 1. The standard InChI is InChI=1S/C22H31NO3/c1-26-19-16-18(24)22(19)12-14-23(15-13-22)20(25)21(10-6-3-7-11-21)17-8-4-2-5-9-17/h2,4-5,8-9,18-19,24H,3,6-7,10-16H2,1H3/t18-,19+/m1/s1. The minimum Gasteiger partial charge on any atom is -0.392 e. The summed E-state index contributed by atoms with van der Waals surface area (Å²) in [7, 11) is 1.74. The second-order valence-electron chi connectivity index (χ2n) is 8.51. The summed E-state index contributed by atoms with van der Waals surface area (Å²) >= 11 is 0. The Labute approximate surface area is 156 Å². The van der Waals surface area contributed by atoms with Crippen LogP contribution in [0.25, 0.3) is 0 Å². The summed E-state index contributed by atoms with van der Waals surface area (Å²) in [6, 6.07) is 10.4. The van der Waals surface area contributed by atoms with Gasteiger partial charge in [0.2, 0.25) is 5.91 Å². The second kappa shape index (κ2) is 6.97. The molecule has 142 valence electrons. The Bertz CT molecular complexity index is 630. The van der Waals surface area contributed by atoms with E-state index >= 15 is 0 Å². The lowest BCUT2D eigenvalue weighted by Gasteiger charge is -2.57. The van der Waals surface area contributed by atoms with Crippen molar-refractivity contribution in [3.63, 3.8) is 0 Å². The molecule has 2 atom stereocenters. The van der Waals surface area contributed by atoms with Crippen LogP contribution < -0.4 is 0 Å². The van der Waals surface area contributed by atoms with Gasteiger partial charge in [0.1, 0.15) is 0 Å². The lowest BCUT2D eigenvalue weighted by atomic mass is 9.58.